The van der Waals surface area contributed by atoms with Gasteiger partial charge >= 0.3 is 0 Å². The minimum atomic E-state index is -0.258. The van der Waals surface area contributed by atoms with E-state index in [0.717, 1.165) is 10.0 Å². The van der Waals surface area contributed by atoms with Gasteiger partial charge in [0, 0.05) is 15.7 Å². The van der Waals surface area contributed by atoms with Crippen molar-refractivity contribution in [3.05, 3.63) is 46.9 Å². The van der Waals surface area contributed by atoms with Gasteiger partial charge in [-0.05, 0) is 36.4 Å². The van der Waals surface area contributed by atoms with Crippen LogP contribution in [-0.2, 0) is 4.79 Å². The average Bonchev–Trinajstić information content (AvgIpc) is 2.90. The Morgan fingerprint density at radius 1 is 1.29 bits per heavy atom. The van der Waals surface area contributed by atoms with Crippen molar-refractivity contribution in [2.24, 2.45) is 0 Å². The lowest BCUT2D eigenvalue weighted by molar-refractivity contribution is -0.113. The maximum absolute atomic E-state index is 11.3. The molecule has 0 aliphatic heterocycles. The van der Waals surface area contributed by atoms with Crippen LogP contribution in [0.2, 0.25) is 0 Å². The van der Waals surface area contributed by atoms with E-state index in [0.29, 0.717) is 22.7 Å². The fraction of sp³-hybridized carbons (Fsp3) is 0.0667. The molecule has 0 aliphatic rings. The summed E-state index contributed by atoms with van der Waals surface area (Å²) in [5.74, 6) is 0.194. The predicted molar refractivity (Wildman–Crippen MR) is 86.5 cm³/mol. The normalized spacial score (nSPS) is 10.8. The summed E-state index contributed by atoms with van der Waals surface area (Å²) in [5.41, 5.74) is 2.86. The highest BCUT2D eigenvalue weighted by atomic mass is 79.9. The Hall–Kier alpha value is -1.85. The maximum Gasteiger partial charge on any atom is 0.239 e. The Kier molecular flexibility index (Phi) is 3.94. The van der Waals surface area contributed by atoms with Crippen LogP contribution >= 0.6 is 27.5 Å². The summed E-state index contributed by atoms with van der Waals surface area (Å²) in [4.78, 5) is 15.7. The molecule has 0 saturated heterocycles. The number of fused-ring (bicyclic) bond motifs is 1. The highest BCUT2D eigenvalue weighted by Crippen LogP contribution is 2.27. The molecule has 0 aliphatic carbocycles. The van der Waals surface area contributed by atoms with Crippen LogP contribution in [0.25, 0.3) is 22.6 Å². The molecule has 0 spiro atoms. The zero-order chi connectivity index (χ0) is 14.8. The van der Waals surface area contributed by atoms with Gasteiger partial charge in [-0.15, -0.1) is 11.6 Å². The Morgan fingerprint density at radius 3 is 2.90 bits per heavy atom. The van der Waals surface area contributed by atoms with Gasteiger partial charge in [-0.2, -0.15) is 0 Å². The van der Waals surface area contributed by atoms with Crippen LogP contribution in [0.15, 0.2) is 51.4 Å². The number of hydrogen-bond donors (Lipinski definition) is 1. The van der Waals surface area contributed by atoms with Crippen molar-refractivity contribution in [2.45, 2.75) is 0 Å². The summed E-state index contributed by atoms with van der Waals surface area (Å²) >= 11 is 8.89. The van der Waals surface area contributed by atoms with Crippen LogP contribution in [0, 0.1) is 0 Å². The third kappa shape index (κ3) is 3.09. The Morgan fingerprint density at radius 2 is 2.14 bits per heavy atom. The van der Waals surface area contributed by atoms with Gasteiger partial charge in [0.1, 0.15) is 11.4 Å². The van der Waals surface area contributed by atoms with Gasteiger partial charge in [-0.3, -0.25) is 4.79 Å². The SMILES string of the molecule is O=C(CCl)Nc1ccc2oc(-c3cccc(Br)c3)nc2c1. The molecule has 0 saturated carbocycles. The number of aromatic nitrogens is 1. The van der Waals surface area contributed by atoms with Gasteiger partial charge in [0.15, 0.2) is 5.58 Å². The number of oxazole rings is 1. The molecule has 1 aromatic heterocycles. The number of carbonyl (C=O) groups excluding carboxylic acids is 1. The van der Waals surface area contributed by atoms with E-state index in [4.69, 9.17) is 16.0 Å². The van der Waals surface area contributed by atoms with Gasteiger partial charge in [-0.25, -0.2) is 4.98 Å². The van der Waals surface area contributed by atoms with Crippen molar-refractivity contribution in [3.8, 4) is 11.5 Å². The van der Waals surface area contributed by atoms with E-state index in [1.807, 2.05) is 24.3 Å². The van der Waals surface area contributed by atoms with E-state index in [1.54, 1.807) is 18.2 Å². The second kappa shape index (κ2) is 5.87. The lowest BCUT2D eigenvalue weighted by atomic mass is 10.2. The zero-order valence-corrected chi connectivity index (χ0v) is 13.1. The molecule has 1 amide bonds. The smallest absolute Gasteiger partial charge is 0.239 e. The van der Waals surface area contributed by atoms with E-state index in [2.05, 4.69) is 26.2 Å². The van der Waals surface area contributed by atoms with E-state index in [9.17, 15) is 4.79 Å². The van der Waals surface area contributed by atoms with Crippen molar-refractivity contribution in [1.29, 1.82) is 0 Å². The fourth-order valence-corrected chi connectivity index (χ4v) is 2.41. The lowest BCUT2D eigenvalue weighted by Gasteiger charge is -2.01. The topological polar surface area (TPSA) is 55.1 Å². The van der Waals surface area contributed by atoms with Crippen LogP contribution in [0.3, 0.4) is 0 Å². The highest BCUT2D eigenvalue weighted by Gasteiger charge is 2.10. The monoisotopic (exact) mass is 364 g/mol. The first-order valence-corrected chi connectivity index (χ1v) is 7.51. The number of rotatable bonds is 3. The van der Waals surface area contributed by atoms with Crippen LogP contribution in [0.1, 0.15) is 0 Å². The van der Waals surface area contributed by atoms with Crippen LogP contribution in [0.4, 0.5) is 5.69 Å². The first-order valence-electron chi connectivity index (χ1n) is 6.18. The van der Waals surface area contributed by atoms with Gasteiger partial charge in [0.2, 0.25) is 11.8 Å². The van der Waals surface area contributed by atoms with Crippen LogP contribution < -0.4 is 5.32 Å². The number of amides is 1. The Balaban J connectivity index is 1.98. The number of nitrogens with zero attached hydrogens (tertiary/aromatic N) is 1. The molecular formula is C15H10BrClN2O2. The van der Waals surface area contributed by atoms with E-state index in [-0.39, 0.29) is 11.8 Å². The molecule has 0 atom stereocenters. The highest BCUT2D eigenvalue weighted by molar-refractivity contribution is 9.10. The lowest BCUT2D eigenvalue weighted by Crippen LogP contribution is -2.12. The number of benzene rings is 2. The third-order valence-corrected chi connectivity index (χ3v) is 3.60. The summed E-state index contributed by atoms with van der Waals surface area (Å²) in [5, 5.41) is 2.68. The molecule has 1 heterocycles. The molecule has 2 aromatic carbocycles. The molecule has 0 bridgehead atoms. The van der Waals surface area contributed by atoms with E-state index < -0.39 is 0 Å². The van der Waals surface area contributed by atoms with Gasteiger partial charge in [-0.1, -0.05) is 22.0 Å². The quantitative estimate of drug-likeness (QED) is 0.698. The minimum Gasteiger partial charge on any atom is -0.436 e. The Bertz CT molecular complexity index is 816. The molecule has 6 heteroatoms. The summed E-state index contributed by atoms with van der Waals surface area (Å²) in [7, 11) is 0. The van der Waals surface area contributed by atoms with Crippen molar-refractivity contribution in [3.63, 3.8) is 0 Å². The molecule has 0 fully saturated rings. The molecule has 21 heavy (non-hydrogen) atoms. The second-order valence-electron chi connectivity index (χ2n) is 4.39. The minimum absolute atomic E-state index is 0.0832. The van der Waals surface area contributed by atoms with Crippen molar-refractivity contribution >= 4 is 50.2 Å². The van der Waals surface area contributed by atoms with E-state index >= 15 is 0 Å². The molecule has 106 valence electrons. The number of hydrogen-bond acceptors (Lipinski definition) is 3. The molecule has 0 unspecified atom stereocenters. The van der Waals surface area contributed by atoms with Crippen molar-refractivity contribution in [1.82, 2.24) is 4.98 Å². The number of nitrogens with one attached hydrogen (secondary N) is 1. The number of anilines is 1. The van der Waals surface area contributed by atoms with E-state index in [1.165, 1.54) is 0 Å². The van der Waals surface area contributed by atoms with Gasteiger partial charge in [0.05, 0.1) is 0 Å². The first-order chi connectivity index (χ1) is 10.2. The predicted octanol–water partition coefficient (Wildman–Crippen LogP) is 4.43. The number of alkyl halides is 1. The van der Waals surface area contributed by atoms with Crippen molar-refractivity contribution in [2.75, 3.05) is 11.2 Å². The number of halogens is 2. The molecule has 3 rings (SSSR count). The van der Waals surface area contributed by atoms with Crippen molar-refractivity contribution < 1.29 is 9.21 Å². The third-order valence-electron chi connectivity index (χ3n) is 2.86. The molecule has 3 aromatic rings. The van der Waals surface area contributed by atoms with Gasteiger partial charge < -0.3 is 9.73 Å². The summed E-state index contributed by atoms with van der Waals surface area (Å²) in [6.07, 6.45) is 0. The number of carbonyl (C=O) groups is 1. The fourth-order valence-electron chi connectivity index (χ4n) is 1.94. The molecular weight excluding hydrogens is 356 g/mol. The van der Waals surface area contributed by atoms with Crippen LogP contribution in [0.5, 0.6) is 0 Å². The maximum atomic E-state index is 11.3. The molecule has 0 radical (unpaired) electrons. The second-order valence-corrected chi connectivity index (χ2v) is 5.58. The summed E-state index contributed by atoms with van der Waals surface area (Å²) < 4.78 is 6.68. The van der Waals surface area contributed by atoms with Crippen LogP contribution in [-0.4, -0.2) is 16.8 Å². The molecule has 4 nitrogen and oxygen atoms in total. The zero-order valence-electron chi connectivity index (χ0n) is 10.8. The molecule has 1 N–H and O–H groups in total. The first kappa shape index (κ1) is 14.1. The summed E-state index contributed by atoms with van der Waals surface area (Å²) in [6.45, 7) is 0. The van der Waals surface area contributed by atoms with Gasteiger partial charge in [0.25, 0.3) is 0 Å². The summed E-state index contributed by atoms with van der Waals surface area (Å²) in [6, 6.07) is 13.0. The average molecular weight is 366 g/mol. The Labute approximate surface area is 134 Å². The standard InChI is InChI=1S/C15H10BrClN2O2/c16-10-3-1-2-9(6-10)15-19-12-7-11(18-14(20)8-17)4-5-13(12)21-15/h1-7H,8H2,(H,18,20). The largest absolute Gasteiger partial charge is 0.436 e.